The summed E-state index contributed by atoms with van der Waals surface area (Å²) in [7, 11) is 2.95. The van der Waals surface area contributed by atoms with Gasteiger partial charge >= 0.3 is 12.1 Å². The van der Waals surface area contributed by atoms with Gasteiger partial charge in [0.1, 0.15) is 11.4 Å². The van der Waals surface area contributed by atoms with Gasteiger partial charge in [0.2, 0.25) is 0 Å². The zero-order valence-electron chi connectivity index (χ0n) is 18.8. The maximum atomic E-state index is 12.2. The predicted octanol–water partition coefficient (Wildman–Crippen LogP) is 5.30. The Morgan fingerprint density at radius 2 is 1.73 bits per heavy atom. The van der Waals surface area contributed by atoms with Gasteiger partial charge in [-0.25, -0.2) is 9.59 Å². The number of hydrogen-bond donors (Lipinski definition) is 1. The van der Waals surface area contributed by atoms with Crippen molar-refractivity contribution in [3.05, 3.63) is 53.1 Å². The van der Waals surface area contributed by atoms with Crippen LogP contribution in [-0.4, -0.2) is 31.9 Å². The molecule has 162 valence electrons. The molecule has 6 nitrogen and oxygen atoms in total. The Morgan fingerprint density at radius 1 is 1.03 bits per heavy atom. The molecule has 30 heavy (non-hydrogen) atoms. The normalized spacial score (nSPS) is 11.2. The number of carbonyl (C=O) groups excluding carboxylic acids is 2. The first-order valence-corrected chi connectivity index (χ1v) is 9.91. The highest BCUT2D eigenvalue weighted by Crippen LogP contribution is 2.34. The SMILES string of the molecule is COC(=O)c1cc(CNC(=O)OC(C)(C)C)cc(-c2cc(C(C)C)ccc2OC)c1. The fraction of sp³-hybridized carbons (Fsp3) is 0.417. The van der Waals surface area contributed by atoms with E-state index in [1.165, 1.54) is 7.11 Å². The Morgan fingerprint density at radius 3 is 2.30 bits per heavy atom. The number of ether oxygens (including phenoxy) is 3. The van der Waals surface area contributed by atoms with Gasteiger partial charge in [-0.05, 0) is 73.7 Å². The van der Waals surface area contributed by atoms with E-state index >= 15 is 0 Å². The number of nitrogens with one attached hydrogen (secondary N) is 1. The van der Waals surface area contributed by atoms with Crippen molar-refractivity contribution in [2.75, 3.05) is 14.2 Å². The van der Waals surface area contributed by atoms with Crippen LogP contribution >= 0.6 is 0 Å². The van der Waals surface area contributed by atoms with Crippen molar-refractivity contribution in [2.45, 2.75) is 52.7 Å². The number of alkyl carbamates (subject to hydrolysis) is 1. The van der Waals surface area contributed by atoms with Gasteiger partial charge < -0.3 is 19.5 Å². The summed E-state index contributed by atoms with van der Waals surface area (Å²) in [5.41, 5.74) is 3.38. The van der Waals surface area contributed by atoms with E-state index in [1.807, 2.05) is 18.2 Å². The van der Waals surface area contributed by atoms with E-state index < -0.39 is 17.7 Å². The number of amides is 1. The Labute approximate surface area is 178 Å². The number of benzene rings is 2. The van der Waals surface area contributed by atoms with Crippen molar-refractivity contribution in [1.82, 2.24) is 5.32 Å². The molecule has 0 aromatic heterocycles. The molecular formula is C24H31NO5. The zero-order chi connectivity index (χ0) is 22.5. The molecule has 0 spiro atoms. The van der Waals surface area contributed by atoms with Crippen molar-refractivity contribution in [3.8, 4) is 16.9 Å². The topological polar surface area (TPSA) is 73.9 Å². The molecule has 1 N–H and O–H groups in total. The lowest BCUT2D eigenvalue weighted by molar-refractivity contribution is 0.0523. The van der Waals surface area contributed by atoms with Crippen LogP contribution in [0.4, 0.5) is 4.79 Å². The van der Waals surface area contributed by atoms with Crippen LogP contribution in [0.3, 0.4) is 0 Å². The van der Waals surface area contributed by atoms with E-state index in [1.54, 1.807) is 40.0 Å². The molecule has 1 amide bonds. The van der Waals surface area contributed by atoms with Crippen molar-refractivity contribution < 1.29 is 23.8 Å². The minimum absolute atomic E-state index is 0.207. The maximum absolute atomic E-state index is 12.2. The van der Waals surface area contributed by atoms with Gasteiger partial charge in [0.05, 0.1) is 19.8 Å². The molecule has 2 rings (SSSR count). The molecule has 0 unspecified atom stereocenters. The largest absolute Gasteiger partial charge is 0.496 e. The van der Waals surface area contributed by atoms with Gasteiger partial charge in [-0.15, -0.1) is 0 Å². The third-order valence-corrected chi connectivity index (χ3v) is 4.45. The van der Waals surface area contributed by atoms with E-state index in [0.29, 0.717) is 17.2 Å². The summed E-state index contributed by atoms with van der Waals surface area (Å²) in [4.78, 5) is 24.3. The highest BCUT2D eigenvalue weighted by molar-refractivity contribution is 5.91. The molecule has 0 radical (unpaired) electrons. The second-order valence-electron chi connectivity index (χ2n) is 8.38. The summed E-state index contributed by atoms with van der Waals surface area (Å²) < 4.78 is 15.7. The number of carbonyl (C=O) groups is 2. The van der Waals surface area contributed by atoms with E-state index in [2.05, 4.69) is 25.2 Å². The quantitative estimate of drug-likeness (QED) is 0.651. The Balaban J connectivity index is 2.45. The van der Waals surface area contributed by atoms with E-state index in [9.17, 15) is 9.59 Å². The maximum Gasteiger partial charge on any atom is 0.407 e. The summed E-state index contributed by atoms with van der Waals surface area (Å²) in [6, 6.07) is 11.4. The summed E-state index contributed by atoms with van der Waals surface area (Å²) in [6.07, 6.45) is -0.521. The van der Waals surface area contributed by atoms with Crippen LogP contribution in [0.5, 0.6) is 5.75 Å². The number of methoxy groups -OCH3 is 2. The summed E-state index contributed by atoms with van der Waals surface area (Å²) in [6.45, 7) is 9.85. The van der Waals surface area contributed by atoms with Gasteiger partial charge in [-0.2, -0.15) is 0 Å². The second-order valence-corrected chi connectivity index (χ2v) is 8.38. The number of esters is 1. The van der Waals surface area contributed by atoms with Crippen LogP contribution in [-0.2, 0) is 16.0 Å². The van der Waals surface area contributed by atoms with Gasteiger partial charge in [0.15, 0.2) is 0 Å². The third-order valence-electron chi connectivity index (χ3n) is 4.45. The van der Waals surface area contributed by atoms with Crippen LogP contribution in [0.2, 0.25) is 0 Å². The first-order chi connectivity index (χ1) is 14.0. The highest BCUT2D eigenvalue weighted by atomic mass is 16.6. The Hall–Kier alpha value is -3.02. The summed E-state index contributed by atoms with van der Waals surface area (Å²) >= 11 is 0. The Kier molecular flexibility index (Phi) is 7.48. The van der Waals surface area contributed by atoms with Gasteiger partial charge in [-0.3, -0.25) is 0 Å². The molecule has 0 aliphatic heterocycles. The lowest BCUT2D eigenvalue weighted by atomic mass is 9.94. The molecule has 2 aromatic rings. The molecule has 0 aliphatic rings. The molecule has 0 heterocycles. The number of hydrogen-bond acceptors (Lipinski definition) is 5. The van der Waals surface area contributed by atoms with Crippen molar-refractivity contribution in [2.24, 2.45) is 0 Å². The molecule has 0 aliphatic carbocycles. The number of rotatable bonds is 6. The fourth-order valence-electron chi connectivity index (χ4n) is 2.98. The standard InChI is InChI=1S/C24H31NO5/c1-15(2)17-8-9-21(28-6)20(13-17)18-10-16(11-19(12-18)22(26)29-7)14-25-23(27)30-24(3,4)5/h8-13,15H,14H2,1-7H3,(H,25,27). The summed E-state index contributed by atoms with van der Waals surface area (Å²) in [5.74, 6) is 0.591. The van der Waals surface area contributed by atoms with Crippen molar-refractivity contribution in [1.29, 1.82) is 0 Å². The lowest BCUT2D eigenvalue weighted by Gasteiger charge is -2.20. The Bertz CT molecular complexity index is 912. The van der Waals surface area contributed by atoms with Crippen molar-refractivity contribution in [3.63, 3.8) is 0 Å². The van der Waals surface area contributed by atoms with E-state index in [-0.39, 0.29) is 6.54 Å². The lowest BCUT2D eigenvalue weighted by Crippen LogP contribution is -2.32. The highest BCUT2D eigenvalue weighted by Gasteiger charge is 2.17. The molecule has 0 fully saturated rings. The predicted molar refractivity (Wildman–Crippen MR) is 117 cm³/mol. The average molecular weight is 414 g/mol. The first-order valence-electron chi connectivity index (χ1n) is 9.91. The second kappa shape index (κ2) is 9.65. The first kappa shape index (κ1) is 23.3. The van der Waals surface area contributed by atoms with Crippen LogP contribution in [0.15, 0.2) is 36.4 Å². The van der Waals surface area contributed by atoms with Crippen LogP contribution in [0.25, 0.3) is 11.1 Å². The van der Waals surface area contributed by atoms with E-state index in [4.69, 9.17) is 14.2 Å². The van der Waals surface area contributed by atoms with Crippen LogP contribution in [0, 0.1) is 0 Å². The van der Waals surface area contributed by atoms with Gasteiger partial charge in [0.25, 0.3) is 0 Å². The van der Waals surface area contributed by atoms with Gasteiger partial charge in [-0.1, -0.05) is 19.9 Å². The molecule has 0 atom stereocenters. The minimum atomic E-state index is -0.590. The average Bonchev–Trinajstić information content (AvgIpc) is 2.69. The van der Waals surface area contributed by atoms with Crippen LogP contribution in [0.1, 0.15) is 62.0 Å². The van der Waals surface area contributed by atoms with Gasteiger partial charge in [0, 0.05) is 12.1 Å². The van der Waals surface area contributed by atoms with Crippen molar-refractivity contribution >= 4 is 12.1 Å². The smallest absolute Gasteiger partial charge is 0.407 e. The third kappa shape index (κ3) is 6.24. The molecule has 0 bridgehead atoms. The molecule has 0 saturated carbocycles. The molecule has 6 heteroatoms. The minimum Gasteiger partial charge on any atom is -0.496 e. The fourth-order valence-corrected chi connectivity index (χ4v) is 2.98. The monoisotopic (exact) mass is 413 g/mol. The zero-order valence-corrected chi connectivity index (χ0v) is 18.8. The molecule has 2 aromatic carbocycles. The summed E-state index contributed by atoms with van der Waals surface area (Å²) in [5, 5.41) is 2.73. The van der Waals surface area contributed by atoms with E-state index in [0.717, 1.165) is 22.3 Å². The molecule has 0 saturated heterocycles. The molecular weight excluding hydrogens is 382 g/mol. The van der Waals surface area contributed by atoms with Crippen LogP contribution < -0.4 is 10.1 Å².